The topological polar surface area (TPSA) is 29.3 Å². The first-order chi connectivity index (χ1) is 8.22. The fourth-order valence-corrected chi connectivity index (χ4v) is 4.17. The molecule has 3 heteroatoms. The quantitative estimate of drug-likeness (QED) is 0.761. The Bertz CT molecular complexity index is 198. The average molecular weight is 258 g/mol. The molecule has 0 aromatic carbocycles. The molecule has 0 atom stereocenters. The Morgan fingerprint density at radius 1 is 1.18 bits per heavy atom. The van der Waals surface area contributed by atoms with Crippen molar-refractivity contribution in [1.29, 1.82) is 0 Å². The summed E-state index contributed by atoms with van der Waals surface area (Å²) >= 11 is 2.09. The maximum atomic E-state index is 6.12. The zero-order valence-electron chi connectivity index (χ0n) is 11.9. The lowest BCUT2D eigenvalue weighted by Gasteiger charge is -2.46. The van der Waals surface area contributed by atoms with Crippen molar-refractivity contribution in [2.45, 2.75) is 52.0 Å². The molecule has 0 saturated carbocycles. The van der Waals surface area contributed by atoms with E-state index in [1.165, 1.54) is 43.7 Å². The first kappa shape index (κ1) is 15.3. The van der Waals surface area contributed by atoms with Crippen molar-refractivity contribution in [2.75, 3.05) is 31.1 Å². The maximum Gasteiger partial charge on any atom is 0.0347 e. The highest BCUT2D eigenvalue weighted by atomic mass is 32.2. The van der Waals surface area contributed by atoms with E-state index in [1.807, 2.05) is 0 Å². The molecule has 1 rings (SSSR count). The number of hydrogen-bond acceptors (Lipinski definition) is 3. The fraction of sp³-hybridized carbons (Fsp3) is 1.00. The molecule has 1 saturated heterocycles. The van der Waals surface area contributed by atoms with Crippen LogP contribution in [0.3, 0.4) is 0 Å². The van der Waals surface area contributed by atoms with Crippen LogP contribution in [0, 0.1) is 5.92 Å². The van der Waals surface area contributed by atoms with E-state index in [0.717, 1.165) is 19.0 Å². The summed E-state index contributed by atoms with van der Waals surface area (Å²) in [5.74, 6) is 3.42. The van der Waals surface area contributed by atoms with Gasteiger partial charge in [-0.15, -0.1) is 0 Å². The molecule has 1 aliphatic rings. The molecule has 2 N–H and O–H groups in total. The van der Waals surface area contributed by atoms with E-state index in [1.54, 1.807) is 0 Å². The minimum atomic E-state index is 0.308. The van der Waals surface area contributed by atoms with Crippen LogP contribution >= 0.6 is 11.8 Å². The van der Waals surface area contributed by atoms with Crippen LogP contribution in [0.15, 0.2) is 0 Å². The van der Waals surface area contributed by atoms with Gasteiger partial charge in [-0.05, 0) is 36.8 Å². The second kappa shape index (κ2) is 7.65. The lowest BCUT2D eigenvalue weighted by atomic mass is 9.88. The highest BCUT2D eigenvalue weighted by molar-refractivity contribution is 7.99. The van der Waals surface area contributed by atoms with Gasteiger partial charge in [0.2, 0.25) is 0 Å². The van der Waals surface area contributed by atoms with Gasteiger partial charge in [-0.3, -0.25) is 4.90 Å². The van der Waals surface area contributed by atoms with Gasteiger partial charge in [-0.1, -0.05) is 33.6 Å². The first-order valence-electron chi connectivity index (χ1n) is 7.25. The summed E-state index contributed by atoms with van der Waals surface area (Å²) in [4.78, 5) is 2.68. The van der Waals surface area contributed by atoms with Crippen LogP contribution in [0.25, 0.3) is 0 Å². The van der Waals surface area contributed by atoms with E-state index < -0.39 is 0 Å². The zero-order valence-corrected chi connectivity index (χ0v) is 12.7. The van der Waals surface area contributed by atoms with Crippen LogP contribution in [0.4, 0.5) is 0 Å². The van der Waals surface area contributed by atoms with Crippen molar-refractivity contribution in [3.63, 3.8) is 0 Å². The summed E-state index contributed by atoms with van der Waals surface area (Å²) in [6, 6.07) is 0. The number of nitrogens with zero attached hydrogens (tertiary/aromatic N) is 1. The van der Waals surface area contributed by atoms with E-state index in [9.17, 15) is 0 Å². The Kier molecular flexibility index (Phi) is 6.90. The third kappa shape index (κ3) is 3.87. The van der Waals surface area contributed by atoms with E-state index in [-0.39, 0.29) is 0 Å². The highest BCUT2D eigenvalue weighted by Crippen LogP contribution is 2.32. The molecule has 0 aliphatic carbocycles. The molecule has 0 radical (unpaired) electrons. The van der Waals surface area contributed by atoms with Crippen LogP contribution in [0.1, 0.15) is 46.5 Å². The van der Waals surface area contributed by atoms with Gasteiger partial charge in [0.1, 0.15) is 0 Å². The van der Waals surface area contributed by atoms with Gasteiger partial charge in [0.05, 0.1) is 0 Å². The molecule has 0 amide bonds. The molecule has 0 bridgehead atoms. The molecular formula is C14H30N2S. The minimum absolute atomic E-state index is 0.308. The molecule has 17 heavy (non-hydrogen) atoms. The summed E-state index contributed by atoms with van der Waals surface area (Å²) in [7, 11) is 0. The Morgan fingerprint density at radius 2 is 1.76 bits per heavy atom. The summed E-state index contributed by atoms with van der Waals surface area (Å²) in [5.41, 5.74) is 6.43. The number of thioether (sulfide) groups is 1. The summed E-state index contributed by atoms with van der Waals surface area (Å²) in [6.45, 7) is 10.1. The standard InChI is InChI=1S/C14H30N2S/c1-4-13(5-2)11-16(6-3)14(12-15)7-9-17-10-8-14/h13H,4-12,15H2,1-3H3. The molecule has 1 heterocycles. The Balaban J connectivity index is 2.67. The van der Waals surface area contributed by atoms with Gasteiger partial charge in [-0.25, -0.2) is 0 Å². The SMILES string of the molecule is CCC(CC)CN(CC)C1(CN)CCSCC1. The van der Waals surface area contributed by atoms with Crippen molar-refractivity contribution >= 4 is 11.8 Å². The monoisotopic (exact) mass is 258 g/mol. The van der Waals surface area contributed by atoms with Gasteiger partial charge >= 0.3 is 0 Å². The van der Waals surface area contributed by atoms with Crippen LogP contribution in [0.2, 0.25) is 0 Å². The fourth-order valence-electron chi connectivity index (χ4n) is 2.92. The molecule has 0 spiro atoms. The largest absolute Gasteiger partial charge is 0.329 e. The van der Waals surface area contributed by atoms with Gasteiger partial charge in [0, 0.05) is 18.6 Å². The van der Waals surface area contributed by atoms with E-state index >= 15 is 0 Å². The predicted octanol–water partition coefficient (Wildman–Crippen LogP) is 2.97. The van der Waals surface area contributed by atoms with Crippen LogP contribution < -0.4 is 5.73 Å². The molecule has 1 aliphatic heterocycles. The van der Waals surface area contributed by atoms with Gasteiger partial charge in [-0.2, -0.15) is 11.8 Å². The minimum Gasteiger partial charge on any atom is -0.329 e. The number of rotatable bonds is 7. The molecule has 1 fully saturated rings. The number of hydrogen-bond donors (Lipinski definition) is 1. The third-order valence-corrected chi connectivity index (χ3v) is 5.47. The number of nitrogens with two attached hydrogens (primary N) is 1. The van der Waals surface area contributed by atoms with Gasteiger partial charge in [0.25, 0.3) is 0 Å². The normalized spacial score (nSPS) is 20.1. The average Bonchev–Trinajstić information content (AvgIpc) is 2.41. The Morgan fingerprint density at radius 3 is 2.18 bits per heavy atom. The molecule has 0 aromatic heterocycles. The van der Waals surface area contributed by atoms with Gasteiger partial charge < -0.3 is 5.73 Å². The van der Waals surface area contributed by atoms with Crippen LogP contribution in [-0.4, -0.2) is 41.6 Å². The molecule has 0 unspecified atom stereocenters. The summed E-state index contributed by atoms with van der Waals surface area (Å²) in [5, 5.41) is 0. The maximum absolute atomic E-state index is 6.12. The summed E-state index contributed by atoms with van der Waals surface area (Å²) < 4.78 is 0. The van der Waals surface area contributed by atoms with Crippen molar-refractivity contribution in [1.82, 2.24) is 4.90 Å². The lowest BCUT2D eigenvalue weighted by Crippen LogP contribution is -2.57. The van der Waals surface area contributed by atoms with Crippen LogP contribution in [-0.2, 0) is 0 Å². The second-order valence-corrected chi connectivity index (χ2v) is 6.49. The molecular weight excluding hydrogens is 228 g/mol. The zero-order chi connectivity index (χ0) is 12.7. The van der Waals surface area contributed by atoms with Crippen molar-refractivity contribution < 1.29 is 0 Å². The van der Waals surface area contributed by atoms with E-state index in [4.69, 9.17) is 5.73 Å². The highest BCUT2D eigenvalue weighted by Gasteiger charge is 2.36. The first-order valence-corrected chi connectivity index (χ1v) is 8.40. The van der Waals surface area contributed by atoms with E-state index in [0.29, 0.717) is 5.54 Å². The molecule has 2 nitrogen and oxygen atoms in total. The molecule has 0 aromatic rings. The predicted molar refractivity (Wildman–Crippen MR) is 79.7 cm³/mol. The number of likely N-dealkylation sites (N-methyl/N-ethyl adjacent to an activating group) is 1. The van der Waals surface area contributed by atoms with E-state index in [2.05, 4.69) is 37.4 Å². The second-order valence-electron chi connectivity index (χ2n) is 5.26. The smallest absolute Gasteiger partial charge is 0.0347 e. The molecule has 102 valence electrons. The van der Waals surface area contributed by atoms with Crippen molar-refractivity contribution in [3.8, 4) is 0 Å². The third-order valence-electron chi connectivity index (χ3n) is 4.49. The Hall–Kier alpha value is 0.270. The lowest BCUT2D eigenvalue weighted by molar-refractivity contribution is 0.0709. The van der Waals surface area contributed by atoms with Crippen molar-refractivity contribution in [2.24, 2.45) is 11.7 Å². The Labute approximate surface area is 112 Å². The van der Waals surface area contributed by atoms with Crippen LogP contribution in [0.5, 0.6) is 0 Å². The van der Waals surface area contributed by atoms with Gasteiger partial charge in [0.15, 0.2) is 0 Å². The summed E-state index contributed by atoms with van der Waals surface area (Å²) in [6.07, 6.45) is 5.15. The van der Waals surface area contributed by atoms with Crippen molar-refractivity contribution in [3.05, 3.63) is 0 Å².